The molecule has 0 amide bonds. The number of rotatable bonds is 13. The molecular formula is C20H32O5S. The van der Waals surface area contributed by atoms with Crippen LogP contribution in [0.15, 0.2) is 23.1 Å². The molecule has 0 aliphatic heterocycles. The van der Waals surface area contributed by atoms with Gasteiger partial charge in [-0.1, -0.05) is 71.3 Å². The first-order valence-corrected chi connectivity index (χ1v) is 11.1. The molecule has 0 atom stereocenters. The van der Waals surface area contributed by atoms with E-state index in [-0.39, 0.29) is 10.5 Å². The van der Waals surface area contributed by atoms with Gasteiger partial charge in [0, 0.05) is 0 Å². The quantitative estimate of drug-likeness (QED) is 0.288. The lowest BCUT2D eigenvalue weighted by molar-refractivity contribution is 0.0496. The largest absolute Gasteiger partial charge is 0.462 e. The van der Waals surface area contributed by atoms with Crippen molar-refractivity contribution in [2.75, 3.05) is 6.61 Å². The van der Waals surface area contributed by atoms with Gasteiger partial charge in [0.05, 0.1) is 17.1 Å². The zero-order chi connectivity index (χ0) is 19.4. The molecule has 5 nitrogen and oxygen atoms in total. The third-order valence-electron chi connectivity index (χ3n) is 4.35. The monoisotopic (exact) mass is 384 g/mol. The van der Waals surface area contributed by atoms with E-state index in [1.165, 1.54) is 44.2 Å². The van der Waals surface area contributed by atoms with Crippen molar-refractivity contribution in [3.05, 3.63) is 29.3 Å². The topological polar surface area (TPSA) is 80.7 Å². The van der Waals surface area contributed by atoms with E-state index in [0.717, 1.165) is 31.2 Å². The summed E-state index contributed by atoms with van der Waals surface area (Å²) >= 11 is 0. The van der Waals surface area contributed by atoms with Crippen LogP contribution in [0.25, 0.3) is 0 Å². The molecule has 0 spiro atoms. The molecule has 0 aliphatic carbocycles. The number of carbonyl (C=O) groups is 1. The molecule has 1 N–H and O–H groups in total. The fraction of sp³-hybridized carbons (Fsp3) is 0.650. The minimum absolute atomic E-state index is 0.224. The Balaban J connectivity index is 2.50. The van der Waals surface area contributed by atoms with Crippen LogP contribution in [0, 0.1) is 0 Å². The number of hydrogen-bond donors (Lipinski definition) is 1. The van der Waals surface area contributed by atoms with Gasteiger partial charge in [-0.05, 0) is 30.5 Å². The van der Waals surface area contributed by atoms with Crippen molar-refractivity contribution in [1.82, 2.24) is 0 Å². The lowest BCUT2D eigenvalue weighted by Gasteiger charge is -2.10. The average Bonchev–Trinajstić information content (AvgIpc) is 2.59. The van der Waals surface area contributed by atoms with Gasteiger partial charge in [-0.15, -0.1) is 0 Å². The van der Waals surface area contributed by atoms with E-state index in [1.807, 2.05) is 6.92 Å². The Morgan fingerprint density at radius 3 is 2.15 bits per heavy atom. The van der Waals surface area contributed by atoms with Crippen molar-refractivity contribution >= 4 is 16.1 Å². The van der Waals surface area contributed by atoms with Crippen LogP contribution in [0.1, 0.15) is 87.6 Å². The van der Waals surface area contributed by atoms with Crippen LogP contribution >= 0.6 is 0 Å². The van der Waals surface area contributed by atoms with E-state index in [4.69, 9.17) is 4.74 Å². The Bertz CT molecular complexity index is 652. The van der Waals surface area contributed by atoms with Crippen LogP contribution in [-0.4, -0.2) is 25.5 Å². The van der Waals surface area contributed by atoms with Crippen LogP contribution in [0.4, 0.5) is 0 Å². The van der Waals surface area contributed by atoms with Crippen LogP contribution in [-0.2, 0) is 21.3 Å². The SMILES string of the molecule is CCCCCCCCCCOC(=O)c1cc(S(=O)(=O)O)ccc1CCC. The van der Waals surface area contributed by atoms with E-state index >= 15 is 0 Å². The van der Waals surface area contributed by atoms with Crippen molar-refractivity contribution in [2.45, 2.75) is 83.0 Å². The summed E-state index contributed by atoms with van der Waals surface area (Å²) in [5.41, 5.74) is 0.961. The zero-order valence-corrected chi connectivity index (χ0v) is 16.8. The van der Waals surface area contributed by atoms with E-state index in [0.29, 0.717) is 13.0 Å². The number of hydrogen-bond acceptors (Lipinski definition) is 4. The molecule has 1 aromatic carbocycles. The maximum Gasteiger partial charge on any atom is 0.338 e. The van der Waals surface area contributed by atoms with Gasteiger partial charge >= 0.3 is 5.97 Å². The summed E-state index contributed by atoms with van der Waals surface area (Å²) in [5.74, 6) is -0.526. The van der Waals surface area contributed by atoms with Gasteiger partial charge in [-0.3, -0.25) is 4.55 Å². The summed E-state index contributed by atoms with van der Waals surface area (Å²) in [6.07, 6.45) is 10.7. The van der Waals surface area contributed by atoms with Gasteiger partial charge in [0.2, 0.25) is 0 Å². The van der Waals surface area contributed by atoms with Gasteiger partial charge in [-0.25, -0.2) is 4.79 Å². The molecule has 0 saturated heterocycles. The summed E-state index contributed by atoms with van der Waals surface area (Å²) in [6.45, 7) is 4.51. The van der Waals surface area contributed by atoms with Crippen LogP contribution in [0.2, 0.25) is 0 Å². The predicted molar refractivity (Wildman–Crippen MR) is 103 cm³/mol. The van der Waals surface area contributed by atoms with Crippen molar-refractivity contribution in [3.63, 3.8) is 0 Å². The van der Waals surface area contributed by atoms with Crippen molar-refractivity contribution < 1.29 is 22.5 Å². The first-order valence-electron chi connectivity index (χ1n) is 9.67. The predicted octanol–water partition coefficient (Wildman–Crippen LogP) is 5.18. The fourth-order valence-corrected chi connectivity index (χ4v) is 3.38. The lowest BCUT2D eigenvalue weighted by atomic mass is 10.0. The fourth-order valence-electron chi connectivity index (χ4n) is 2.87. The molecule has 148 valence electrons. The minimum atomic E-state index is -4.34. The van der Waals surface area contributed by atoms with E-state index in [1.54, 1.807) is 6.07 Å². The maximum atomic E-state index is 12.3. The first-order chi connectivity index (χ1) is 12.4. The van der Waals surface area contributed by atoms with Gasteiger partial charge in [0.15, 0.2) is 0 Å². The standard InChI is InChI=1S/C20H32O5S/c1-3-5-6-7-8-9-10-11-15-25-20(21)19-16-18(26(22,23)24)14-13-17(19)12-4-2/h13-14,16H,3-12,15H2,1-2H3,(H,22,23,24). The zero-order valence-electron chi connectivity index (χ0n) is 16.0. The summed E-state index contributed by atoms with van der Waals surface area (Å²) in [5, 5.41) is 0. The van der Waals surface area contributed by atoms with Gasteiger partial charge in [0.25, 0.3) is 10.1 Å². The second-order valence-electron chi connectivity index (χ2n) is 6.65. The highest BCUT2D eigenvalue weighted by Crippen LogP contribution is 2.19. The molecule has 0 unspecified atom stereocenters. The van der Waals surface area contributed by atoms with Crippen molar-refractivity contribution in [3.8, 4) is 0 Å². The van der Waals surface area contributed by atoms with Crippen LogP contribution in [0.3, 0.4) is 0 Å². The van der Waals surface area contributed by atoms with Gasteiger partial charge in [-0.2, -0.15) is 8.42 Å². The third kappa shape index (κ3) is 8.32. The highest BCUT2D eigenvalue weighted by Gasteiger charge is 2.18. The third-order valence-corrected chi connectivity index (χ3v) is 5.20. The van der Waals surface area contributed by atoms with E-state index in [9.17, 15) is 17.8 Å². The number of carbonyl (C=O) groups excluding carboxylic acids is 1. The molecule has 6 heteroatoms. The lowest BCUT2D eigenvalue weighted by Crippen LogP contribution is -2.11. The number of benzene rings is 1. The molecule has 0 heterocycles. The smallest absolute Gasteiger partial charge is 0.338 e. The Morgan fingerprint density at radius 2 is 1.58 bits per heavy atom. The molecule has 1 aromatic rings. The van der Waals surface area contributed by atoms with Gasteiger partial charge in [0.1, 0.15) is 0 Å². The summed E-state index contributed by atoms with van der Waals surface area (Å²) in [4.78, 5) is 12.0. The first kappa shape index (κ1) is 22.6. The molecule has 0 aromatic heterocycles. The molecule has 0 saturated carbocycles. The average molecular weight is 385 g/mol. The maximum absolute atomic E-state index is 12.3. The molecule has 26 heavy (non-hydrogen) atoms. The molecule has 0 bridgehead atoms. The number of unbranched alkanes of at least 4 members (excludes halogenated alkanes) is 7. The second kappa shape index (κ2) is 12.1. The molecule has 0 fully saturated rings. The Kier molecular flexibility index (Phi) is 10.5. The normalized spacial score (nSPS) is 11.5. The summed E-state index contributed by atoms with van der Waals surface area (Å²) < 4.78 is 37.1. The van der Waals surface area contributed by atoms with Gasteiger partial charge < -0.3 is 4.74 Å². The van der Waals surface area contributed by atoms with Crippen LogP contribution in [0.5, 0.6) is 0 Å². The molecule has 1 rings (SSSR count). The number of esters is 1. The van der Waals surface area contributed by atoms with Crippen molar-refractivity contribution in [2.24, 2.45) is 0 Å². The van der Waals surface area contributed by atoms with E-state index < -0.39 is 16.1 Å². The number of aryl methyl sites for hydroxylation is 1. The summed E-state index contributed by atoms with van der Waals surface area (Å²) in [6, 6.07) is 4.09. The Morgan fingerprint density at radius 1 is 0.962 bits per heavy atom. The molecule has 0 aliphatic rings. The van der Waals surface area contributed by atoms with Crippen LogP contribution < -0.4 is 0 Å². The second-order valence-corrected chi connectivity index (χ2v) is 8.08. The molecule has 0 radical (unpaired) electrons. The summed E-state index contributed by atoms with van der Waals surface area (Å²) in [7, 11) is -4.34. The Labute approximate surface area is 157 Å². The number of ether oxygens (including phenoxy) is 1. The highest BCUT2D eigenvalue weighted by molar-refractivity contribution is 7.85. The Hall–Kier alpha value is -1.40. The van der Waals surface area contributed by atoms with Crippen molar-refractivity contribution in [1.29, 1.82) is 0 Å². The molecular weight excluding hydrogens is 352 g/mol. The highest BCUT2D eigenvalue weighted by atomic mass is 32.2. The minimum Gasteiger partial charge on any atom is -0.462 e. The van der Waals surface area contributed by atoms with E-state index in [2.05, 4.69) is 6.92 Å².